The third-order valence-corrected chi connectivity index (χ3v) is 5.33. The minimum atomic E-state index is -0.371. The van der Waals surface area contributed by atoms with Crippen LogP contribution in [-0.4, -0.2) is 33.9 Å². The second-order valence-corrected chi connectivity index (χ2v) is 7.37. The van der Waals surface area contributed by atoms with Gasteiger partial charge in [-0.3, -0.25) is 4.79 Å². The molecule has 0 saturated carbocycles. The molecule has 0 N–H and O–H groups in total. The van der Waals surface area contributed by atoms with E-state index in [9.17, 15) is 13.6 Å². The van der Waals surface area contributed by atoms with Gasteiger partial charge in [0.15, 0.2) is 5.82 Å². The first-order chi connectivity index (χ1) is 14.0. The lowest BCUT2D eigenvalue weighted by Gasteiger charge is -2.32. The van der Waals surface area contributed by atoms with E-state index in [2.05, 4.69) is 9.97 Å². The number of likely N-dealkylation sites (tertiary alicyclic amines) is 1. The summed E-state index contributed by atoms with van der Waals surface area (Å²) in [6, 6.07) is 12.5. The molecule has 1 aromatic heterocycles. The summed E-state index contributed by atoms with van der Waals surface area (Å²) < 4.78 is 27.0. The van der Waals surface area contributed by atoms with E-state index in [1.165, 1.54) is 18.2 Å². The van der Waals surface area contributed by atoms with Crippen LogP contribution in [0, 0.1) is 18.6 Å². The molecule has 2 heterocycles. The molecule has 29 heavy (non-hydrogen) atoms. The molecule has 1 aliphatic heterocycles. The molecule has 0 spiro atoms. The highest BCUT2D eigenvalue weighted by Gasteiger charge is 2.27. The molecule has 1 atom stereocenters. The van der Waals surface area contributed by atoms with Crippen molar-refractivity contribution >= 4 is 5.91 Å². The Morgan fingerprint density at radius 2 is 1.90 bits per heavy atom. The Hall–Kier alpha value is -3.15. The van der Waals surface area contributed by atoms with Crippen molar-refractivity contribution in [3.63, 3.8) is 0 Å². The first kappa shape index (κ1) is 19.2. The molecule has 0 unspecified atom stereocenters. The van der Waals surface area contributed by atoms with Crippen LogP contribution in [0.25, 0.3) is 11.4 Å². The standard InChI is InChI=1S/C23H21F2N3O/c1-15-4-5-17(13-20(15)25)23(29)28-12-2-3-18(14-28)21-10-11-26-22(27-21)16-6-8-19(24)9-7-16/h4-11,13,18H,2-3,12,14H2,1H3/t18-/m0/s1. The molecule has 1 aliphatic rings. The zero-order chi connectivity index (χ0) is 20.4. The fourth-order valence-electron chi connectivity index (χ4n) is 3.65. The highest BCUT2D eigenvalue weighted by molar-refractivity contribution is 5.94. The van der Waals surface area contributed by atoms with Crippen molar-refractivity contribution < 1.29 is 13.6 Å². The highest BCUT2D eigenvalue weighted by Crippen LogP contribution is 2.28. The van der Waals surface area contributed by atoms with Crippen molar-refractivity contribution in [3.8, 4) is 11.4 Å². The van der Waals surface area contributed by atoms with Crippen LogP contribution in [0.2, 0.25) is 0 Å². The van der Waals surface area contributed by atoms with Crippen molar-refractivity contribution in [1.29, 1.82) is 0 Å². The number of piperidine rings is 1. The summed E-state index contributed by atoms with van der Waals surface area (Å²) in [5.74, 6) is -0.235. The minimum absolute atomic E-state index is 0.0743. The topological polar surface area (TPSA) is 46.1 Å². The SMILES string of the molecule is Cc1ccc(C(=O)N2CCC[C@H](c3ccnc(-c4ccc(F)cc4)n3)C2)cc1F. The van der Waals surface area contributed by atoms with Gasteiger partial charge < -0.3 is 4.90 Å². The van der Waals surface area contributed by atoms with E-state index in [4.69, 9.17) is 0 Å². The zero-order valence-electron chi connectivity index (χ0n) is 16.1. The normalized spacial score (nSPS) is 16.7. The molecule has 1 saturated heterocycles. The number of nitrogens with zero attached hydrogens (tertiary/aromatic N) is 3. The van der Waals surface area contributed by atoms with E-state index in [0.717, 1.165) is 24.1 Å². The summed E-state index contributed by atoms with van der Waals surface area (Å²) in [5.41, 5.74) is 2.48. The van der Waals surface area contributed by atoms with Gasteiger partial charge in [0.2, 0.25) is 0 Å². The van der Waals surface area contributed by atoms with Crippen LogP contribution >= 0.6 is 0 Å². The molecule has 0 bridgehead atoms. The number of hydrogen-bond acceptors (Lipinski definition) is 3. The second-order valence-electron chi connectivity index (χ2n) is 7.37. The molecule has 4 nitrogen and oxygen atoms in total. The number of hydrogen-bond donors (Lipinski definition) is 0. The van der Waals surface area contributed by atoms with Gasteiger partial charge in [-0.15, -0.1) is 0 Å². The van der Waals surface area contributed by atoms with Gasteiger partial charge in [0, 0.05) is 42.0 Å². The molecular weight excluding hydrogens is 372 g/mol. The lowest BCUT2D eigenvalue weighted by atomic mass is 9.94. The molecule has 148 valence electrons. The van der Waals surface area contributed by atoms with Gasteiger partial charge in [0.25, 0.3) is 5.91 Å². The monoisotopic (exact) mass is 393 g/mol. The van der Waals surface area contributed by atoms with Gasteiger partial charge in [-0.05, 0) is 67.8 Å². The minimum Gasteiger partial charge on any atom is -0.338 e. The van der Waals surface area contributed by atoms with Gasteiger partial charge in [-0.2, -0.15) is 0 Å². The number of halogens is 2. The van der Waals surface area contributed by atoms with E-state index in [1.807, 2.05) is 6.07 Å². The van der Waals surface area contributed by atoms with Crippen LogP contribution in [0.3, 0.4) is 0 Å². The molecule has 4 rings (SSSR count). The summed E-state index contributed by atoms with van der Waals surface area (Å²) in [5, 5.41) is 0. The van der Waals surface area contributed by atoms with Crippen LogP contribution in [0.5, 0.6) is 0 Å². The third-order valence-electron chi connectivity index (χ3n) is 5.33. The fraction of sp³-hybridized carbons (Fsp3) is 0.261. The number of benzene rings is 2. The molecule has 0 aliphatic carbocycles. The van der Waals surface area contributed by atoms with Gasteiger partial charge in [0.05, 0.1) is 0 Å². The quantitative estimate of drug-likeness (QED) is 0.645. The Labute approximate surface area is 168 Å². The number of carbonyl (C=O) groups is 1. The van der Waals surface area contributed by atoms with Crippen LogP contribution in [0.15, 0.2) is 54.7 Å². The van der Waals surface area contributed by atoms with Crippen LogP contribution in [0.4, 0.5) is 8.78 Å². The summed E-state index contributed by atoms with van der Waals surface area (Å²) in [7, 11) is 0. The largest absolute Gasteiger partial charge is 0.338 e. The van der Waals surface area contributed by atoms with E-state index < -0.39 is 0 Å². The van der Waals surface area contributed by atoms with Crippen LogP contribution in [0.1, 0.15) is 40.4 Å². The maximum atomic E-state index is 13.9. The number of aryl methyl sites for hydroxylation is 1. The summed E-state index contributed by atoms with van der Waals surface area (Å²) in [4.78, 5) is 23.6. The molecule has 3 aromatic rings. The number of carbonyl (C=O) groups excluding carboxylic acids is 1. The predicted octanol–water partition coefficient (Wildman–Crippen LogP) is 4.75. The Morgan fingerprint density at radius 1 is 1.10 bits per heavy atom. The molecule has 0 radical (unpaired) electrons. The highest BCUT2D eigenvalue weighted by atomic mass is 19.1. The third kappa shape index (κ3) is 4.16. The zero-order valence-corrected chi connectivity index (χ0v) is 16.1. The van der Waals surface area contributed by atoms with Gasteiger partial charge in [-0.1, -0.05) is 6.07 Å². The average molecular weight is 393 g/mol. The Bertz CT molecular complexity index is 1040. The molecule has 2 aromatic carbocycles. The van der Waals surface area contributed by atoms with Crippen molar-refractivity contribution in [2.45, 2.75) is 25.7 Å². The van der Waals surface area contributed by atoms with Crippen LogP contribution < -0.4 is 0 Å². The maximum Gasteiger partial charge on any atom is 0.253 e. The smallest absolute Gasteiger partial charge is 0.253 e. The Balaban J connectivity index is 1.54. The Kier molecular flexibility index (Phi) is 5.34. The first-order valence-electron chi connectivity index (χ1n) is 9.65. The second kappa shape index (κ2) is 8.07. The van der Waals surface area contributed by atoms with E-state index in [-0.39, 0.29) is 23.5 Å². The van der Waals surface area contributed by atoms with Gasteiger partial charge in [0.1, 0.15) is 11.6 Å². The summed E-state index contributed by atoms with van der Waals surface area (Å²) in [6.45, 7) is 2.84. The number of aromatic nitrogens is 2. The first-order valence-corrected chi connectivity index (χ1v) is 9.65. The predicted molar refractivity (Wildman–Crippen MR) is 106 cm³/mol. The van der Waals surface area contributed by atoms with Crippen molar-refractivity contribution in [2.24, 2.45) is 0 Å². The molecule has 6 heteroatoms. The lowest BCUT2D eigenvalue weighted by molar-refractivity contribution is 0.0705. The van der Waals surface area contributed by atoms with Crippen molar-refractivity contribution in [1.82, 2.24) is 14.9 Å². The van der Waals surface area contributed by atoms with Crippen LogP contribution in [-0.2, 0) is 0 Å². The number of amides is 1. The summed E-state index contributed by atoms with van der Waals surface area (Å²) in [6.07, 6.45) is 3.45. The van der Waals surface area contributed by atoms with Crippen molar-refractivity contribution in [2.75, 3.05) is 13.1 Å². The molecule has 1 amide bonds. The van der Waals surface area contributed by atoms with E-state index >= 15 is 0 Å². The lowest BCUT2D eigenvalue weighted by Crippen LogP contribution is -2.39. The van der Waals surface area contributed by atoms with Gasteiger partial charge >= 0.3 is 0 Å². The van der Waals surface area contributed by atoms with E-state index in [0.29, 0.717) is 30.0 Å². The molecule has 1 fully saturated rings. The molecular formula is C23H21F2N3O. The average Bonchev–Trinajstić information content (AvgIpc) is 2.76. The summed E-state index contributed by atoms with van der Waals surface area (Å²) >= 11 is 0. The Morgan fingerprint density at radius 3 is 2.66 bits per heavy atom. The van der Waals surface area contributed by atoms with Crippen molar-refractivity contribution in [3.05, 3.63) is 83.2 Å². The number of rotatable bonds is 3. The fourth-order valence-corrected chi connectivity index (χ4v) is 3.65. The van der Waals surface area contributed by atoms with Gasteiger partial charge in [-0.25, -0.2) is 18.7 Å². The maximum absolute atomic E-state index is 13.9. The van der Waals surface area contributed by atoms with E-state index in [1.54, 1.807) is 42.3 Å².